The van der Waals surface area contributed by atoms with Crippen LogP contribution in [0.1, 0.15) is 25.3 Å². The zero-order valence-corrected chi connectivity index (χ0v) is 13.1. The summed E-state index contributed by atoms with van der Waals surface area (Å²) in [6.07, 6.45) is 0.134. The summed E-state index contributed by atoms with van der Waals surface area (Å²) in [5.74, 6) is -2.76. The van der Waals surface area contributed by atoms with Gasteiger partial charge in [0.05, 0.1) is 0 Å². The fourth-order valence-electron chi connectivity index (χ4n) is 2.50. The van der Waals surface area contributed by atoms with Crippen LogP contribution in [0, 0.1) is 0 Å². The third kappa shape index (κ3) is 3.89. The first kappa shape index (κ1) is 17.5. The molecule has 24 heavy (non-hydrogen) atoms. The van der Waals surface area contributed by atoms with Crippen LogP contribution in [0.25, 0.3) is 0 Å². The molecule has 1 aromatic carbocycles. The molecule has 2 rings (SSSR count). The van der Waals surface area contributed by atoms with Crippen LogP contribution in [-0.4, -0.2) is 50.9 Å². The SMILES string of the molecule is C[C@@H](C(=O)N[C@@H](Cc1ccc(O)cc1)C(=O)O)N1C(=O)CCC1=O. The lowest BCUT2D eigenvalue weighted by atomic mass is 10.1. The average Bonchev–Trinajstić information content (AvgIpc) is 2.86. The molecule has 1 heterocycles. The maximum Gasteiger partial charge on any atom is 0.326 e. The fourth-order valence-corrected chi connectivity index (χ4v) is 2.50. The number of carboxylic acids is 1. The summed E-state index contributed by atoms with van der Waals surface area (Å²) in [6.45, 7) is 1.38. The van der Waals surface area contributed by atoms with E-state index in [1.165, 1.54) is 19.1 Å². The lowest BCUT2D eigenvalue weighted by Crippen LogP contribution is -2.52. The molecule has 0 unspecified atom stereocenters. The molecule has 1 fully saturated rings. The van der Waals surface area contributed by atoms with Gasteiger partial charge in [-0.2, -0.15) is 0 Å². The van der Waals surface area contributed by atoms with Gasteiger partial charge in [0.1, 0.15) is 17.8 Å². The van der Waals surface area contributed by atoms with Crippen molar-refractivity contribution < 1.29 is 29.4 Å². The number of carbonyl (C=O) groups is 4. The first-order valence-corrected chi connectivity index (χ1v) is 7.45. The first-order chi connectivity index (χ1) is 11.3. The van der Waals surface area contributed by atoms with Gasteiger partial charge >= 0.3 is 5.97 Å². The Labute approximate surface area is 138 Å². The highest BCUT2D eigenvalue weighted by atomic mass is 16.4. The van der Waals surface area contributed by atoms with Crippen molar-refractivity contribution in [3.63, 3.8) is 0 Å². The van der Waals surface area contributed by atoms with Gasteiger partial charge in [0.25, 0.3) is 0 Å². The maximum atomic E-state index is 12.2. The van der Waals surface area contributed by atoms with E-state index >= 15 is 0 Å². The number of aliphatic carboxylic acids is 1. The third-order valence-electron chi connectivity index (χ3n) is 3.85. The second-order valence-electron chi connectivity index (χ2n) is 5.60. The maximum absolute atomic E-state index is 12.2. The number of hydrogen-bond acceptors (Lipinski definition) is 5. The van der Waals surface area contributed by atoms with E-state index in [2.05, 4.69) is 5.32 Å². The van der Waals surface area contributed by atoms with Gasteiger partial charge in [-0.1, -0.05) is 12.1 Å². The molecular formula is C16H18N2O6. The molecule has 8 heteroatoms. The lowest BCUT2D eigenvalue weighted by Gasteiger charge is -2.23. The Kier molecular flexibility index (Phi) is 5.18. The largest absolute Gasteiger partial charge is 0.508 e. The molecule has 1 aliphatic heterocycles. The normalized spacial score (nSPS) is 16.8. The quantitative estimate of drug-likeness (QED) is 0.631. The fraction of sp³-hybridized carbons (Fsp3) is 0.375. The number of hydrogen-bond donors (Lipinski definition) is 3. The summed E-state index contributed by atoms with van der Waals surface area (Å²) in [6, 6.07) is 3.66. The van der Waals surface area contributed by atoms with Gasteiger partial charge in [-0.25, -0.2) is 4.79 Å². The molecule has 0 radical (unpaired) electrons. The van der Waals surface area contributed by atoms with Gasteiger partial charge < -0.3 is 15.5 Å². The monoisotopic (exact) mass is 334 g/mol. The molecule has 1 aliphatic rings. The van der Waals surface area contributed by atoms with Crippen LogP contribution in [0.3, 0.4) is 0 Å². The molecule has 0 aromatic heterocycles. The van der Waals surface area contributed by atoms with Crippen LogP contribution in [0.5, 0.6) is 5.75 Å². The first-order valence-electron chi connectivity index (χ1n) is 7.45. The van der Waals surface area contributed by atoms with Crippen LogP contribution in [0.15, 0.2) is 24.3 Å². The highest BCUT2D eigenvalue weighted by Crippen LogP contribution is 2.16. The number of amides is 3. The predicted molar refractivity (Wildman–Crippen MR) is 81.9 cm³/mol. The Hall–Kier alpha value is -2.90. The number of imide groups is 1. The highest BCUT2D eigenvalue weighted by Gasteiger charge is 2.37. The van der Waals surface area contributed by atoms with E-state index in [4.69, 9.17) is 0 Å². The summed E-state index contributed by atoms with van der Waals surface area (Å²) in [5.41, 5.74) is 0.612. The van der Waals surface area contributed by atoms with E-state index in [0.29, 0.717) is 5.56 Å². The van der Waals surface area contributed by atoms with E-state index in [-0.39, 0.29) is 25.0 Å². The Morgan fingerprint density at radius 2 is 1.71 bits per heavy atom. The van der Waals surface area contributed by atoms with Crippen molar-refractivity contribution in [3.8, 4) is 5.75 Å². The number of phenols is 1. The zero-order chi connectivity index (χ0) is 17.9. The summed E-state index contributed by atoms with van der Waals surface area (Å²) in [7, 11) is 0. The van der Waals surface area contributed by atoms with Gasteiger partial charge in [-0.15, -0.1) is 0 Å². The minimum Gasteiger partial charge on any atom is -0.508 e. The number of carbonyl (C=O) groups excluding carboxylic acids is 3. The van der Waals surface area contributed by atoms with Gasteiger partial charge in [-0.3, -0.25) is 19.3 Å². The Balaban J connectivity index is 2.05. The van der Waals surface area contributed by atoms with E-state index in [1.54, 1.807) is 12.1 Å². The van der Waals surface area contributed by atoms with Crippen LogP contribution < -0.4 is 5.32 Å². The summed E-state index contributed by atoms with van der Waals surface area (Å²) in [4.78, 5) is 47.8. The summed E-state index contributed by atoms with van der Waals surface area (Å²) >= 11 is 0. The van der Waals surface area contributed by atoms with Gasteiger partial charge in [-0.05, 0) is 24.6 Å². The molecule has 1 aromatic rings. The smallest absolute Gasteiger partial charge is 0.326 e. The Morgan fingerprint density at radius 3 is 2.21 bits per heavy atom. The number of likely N-dealkylation sites (tertiary alicyclic amines) is 1. The van der Waals surface area contributed by atoms with E-state index in [0.717, 1.165) is 4.90 Å². The van der Waals surface area contributed by atoms with Crippen molar-refractivity contribution >= 4 is 23.7 Å². The van der Waals surface area contributed by atoms with Crippen molar-refractivity contribution in [2.45, 2.75) is 38.3 Å². The number of carboxylic acid groups (broad SMARTS) is 1. The molecule has 3 amide bonds. The minimum absolute atomic E-state index is 0.00989. The lowest BCUT2D eigenvalue weighted by molar-refractivity contribution is -0.147. The zero-order valence-electron chi connectivity index (χ0n) is 13.1. The standard InChI is InChI=1S/C16H18N2O6/c1-9(18-13(20)6-7-14(18)21)15(22)17-12(16(23)24)8-10-2-4-11(19)5-3-10/h2-5,9,12,19H,6-8H2,1H3,(H,17,22)(H,23,24)/t9-,12-/m0/s1. The number of rotatable bonds is 6. The topological polar surface area (TPSA) is 124 Å². The van der Waals surface area contributed by atoms with Crippen LogP contribution in [0.2, 0.25) is 0 Å². The molecular weight excluding hydrogens is 316 g/mol. The minimum atomic E-state index is -1.23. The van der Waals surface area contributed by atoms with Crippen molar-refractivity contribution in [3.05, 3.63) is 29.8 Å². The Bertz CT molecular complexity index is 654. The Morgan fingerprint density at radius 1 is 1.17 bits per heavy atom. The summed E-state index contributed by atoms with van der Waals surface area (Å²) in [5, 5.41) is 20.9. The number of phenolic OH excluding ortho intramolecular Hbond substituents is 1. The molecule has 0 saturated carbocycles. The number of nitrogens with one attached hydrogen (secondary N) is 1. The van der Waals surface area contributed by atoms with Crippen molar-refractivity contribution in [2.75, 3.05) is 0 Å². The predicted octanol–water partition coefficient (Wildman–Crippen LogP) is 0.0416. The highest BCUT2D eigenvalue weighted by molar-refractivity contribution is 6.05. The van der Waals surface area contributed by atoms with Gasteiger partial charge in [0, 0.05) is 19.3 Å². The van der Waals surface area contributed by atoms with Crippen molar-refractivity contribution in [1.29, 1.82) is 0 Å². The van der Waals surface area contributed by atoms with Crippen molar-refractivity contribution in [2.24, 2.45) is 0 Å². The third-order valence-corrected chi connectivity index (χ3v) is 3.85. The van der Waals surface area contributed by atoms with E-state index < -0.39 is 35.8 Å². The van der Waals surface area contributed by atoms with E-state index in [1.807, 2.05) is 0 Å². The molecule has 128 valence electrons. The van der Waals surface area contributed by atoms with Gasteiger partial charge in [0.15, 0.2) is 0 Å². The number of aromatic hydroxyl groups is 1. The number of benzene rings is 1. The van der Waals surface area contributed by atoms with E-state index in [9.17, 15) is 29.4 Å². The van der Waals surface area contributed by atoms with Gasteiger partial charge in [0.2, 0.25) is 17.7 Å². The molecule has 8 nitrogen and oxygen atoms in total. The van der Waals surface area contributed by atoms with Crippen LogP contribution in [0.4, 0.5) is 0 Å². The second-order valence-corrected chi connectivity index (χ2v) is 5.60. The molecule has 2 atom stereocenters. The molecule has 3 N–H and O–H groups in total. The van der Waals surface area contributed by atoms with Crippen LogP contribution >= 0.6 is 0 Å². The molecule has 1 saturated heterocycles. The molecule has 0 bridgehead atoms. The molecule has 0 aliphatic carbocycles. The molecule has 0 spiro atoms. The second kappa shape index (κ2) is 7.12. The van der Waals surface area contributed by atoms with Crippen molar-refractivity contribution in [1.82, 2.24) is 10.2 Å². The van der Waals surface area contributed by atoms with Crippen LogP contribution in [-0.2, 0) is 25.6 Å². The average molecular weight is 334 g/mol. The number of nitrogens with zero attached hydrogens (tertiary/aromatic N) is 1. The summed E-state index contributed by atoms with van der Waals surface area (Å²) < 4.78 is 0.